The summed E-state index contributed by atoms with van der Waals surface area (Å²) in [7, 11) is 0. The highest BCUT2D eigenvalue weighted by atomic mass is 16.5. The minimum Gasteiger partial charge on any atom is -0.368 e. The van der Waals surface area contributed by atoms with Gasteiger partial charge in [-0.3, -0.25) is 10.1 Å². The average Bonchev–Trinajstić information content (AvgIpc) is 2.86. The summed E-state index contributed by atoms with van der Waals surface area (Å²) >= 11 is 0. The van der Waals surface area contributed by atoms with E-state index in [9.17, 15) is 4.79 Å². The van der Waals surface area contributed by atoms with Crippen molar-refractivity contribution in [3.63, 3.8) is 0 Å². The Morgan fingerprint density at radius 3 is 1.62 bits per heavy atom. The van der Waals surface area contributed by atoms with E-state index < -0.39 is 0 Å². The molecular weight excluding hydrogens is 484 g/mol. The molecule has 2 N–H and O–H groups in total. The minimum atomic E-state index is -0.365. The van der Waals surface area contributed by atoms with Crippen LogP contribution >= 0.6 is 0 Å². The summed E-state index contributed by atoms with van der Waals surface area (Å²) in [6.07, 6.45) is 27.6. The first kappa shape index (κ1) is 31.3. The second-order valence-electron chi connectivity index (χ2n) is 15.0. The Labute approximate surface area is 240 Å². The molecule has 226 valence electrons. The molecule has 0 aromatic rings. The van der Waals surface area contributed by atoms with Gasteiger partial charge in [-0.25, -0.2) is 0 Å². The molecule has 0 aliphatic heterocycles. The summed E-state index contributed by atoms with van der Waals surface area (Å²) in [6.45, 7) is 9.35. The summed E-state index contributed by atoms with van der Waals surface area (Å²) in [6, 6.07) is 0. The van der Waals surface area contributed by atoms with Crippen LogP contribution in [-0.2, 0) is 14.3 Å². The van der Waals surface area contributed by atoms with E-state index in [0.717, 1.165) is 51.4 Å². The van der Waals surface area contributed by atoms with Crippen LogP contribution in [-0.4, -0.2) is 41.0 Å². The fourth-order valence-corrected chi connectivity index (χ4v) is 8.58. The molecule has 5 aliphatic carbocycles. The maximum absolute atomic E-state index is 13.0. The number of hydrogen-bond acceptors (Lipinski definition) is 4. The van der Waals surface area contributed by atoms with Gasteiger partial charge in [-0.2, -0.15) is 0 Å². The van der Waals surface area contributed by atoms with Crippen LogP contribution in [0.25, 0.3) is 0 Å². The number of ether oxygens (including phenoxy) is 2. The van der Waals surface area contributed by atoms with Gasteiger partial charge in [0.2, 0.25) is 5.91 Å². The number of carbonyl (C=O) groups is 1. The van der Waals surface area contributed by atoms with Crippen LogP contribution in [0.5, 0.6) is 0 Å². The molecule has 0 heterocycles. The van der Waals surface area contributed by atoms with Crippen LogP contribution in [0.3, 0.4) is 0 Å². The molecular formula is C34H62N2O3. The predicted octanol–water partition coefficient (Wildman–Crippen LogP) is 8.34. The molecule has 0 aromatic heterocycles. The summed E-state index contributed by atoms with van der Waals surface area (Å²) in [5.74, 6) is 0.731. The van der Waals surface area contributed by atoms with Gasteiger partial charge in [0.25, 0.3) is 0 Å². The molecule has 1 amide bonds. The maximum Gasteiger partial charge on any atom is 0.246 e. The highest BCUT2D eigenvalue weighted by Crippen LogP contribution is 2.48. The largest absolute Gasteiger partial charge is 0.368 e. The van der Waals surface area contributed by atoms with Gasteiger partial charge < -0.3 is 14.8 Å². The molecule has 5 aliphatic rings. The van der Waals surface area contributed by atoms with Gasteiger partial charge in [0, 0.05) is 11.1 Å². The van der Waals surface area contributed by atoms with Gasteiger partial charge in [0.1, 0.15) is 12.3 Å². The van der Waals surface area contributed by atoms with Crippen LogP contribution in [0.1, 0.15) is 169 Å². The first-order chi connectivity index (χ1) is 18.6. The molecule has 5 rings (SSSR count). The number of carbonyl (C=O) groups excluding carboxylic acids is 1. The summed E-state index contributed by atoms with van der Waals surface area (Å²) in [5, 5.41) is 7.48. The minimum absolute atomic E-state index is 0.0384. The third-order valence-corrected chi connectivity index (χ3v) is 10.8. The molecule has 5 nitrogen and oxygen atoms in total. The zero-order valence-electron chi connectivity index (χ0n) is 26.1. The van der Waals surface area contributed by atoms with Crippen molar-refractivity contribution < 1.29 is 14.3 Å². The number of nitrogens with one attached hydrogen (secondary N) is 2. The van der Waals surface area contributed by atoms with E-state index >= 15 is 0 Å². The fraction of sp³-hybridized carbons (Fsp3) is 0.971. The van der Waals surface area contributed by atoms with Gasteiger partial charge in [-0.05, 0) is 97.8 Å². The third kappa shape index (κ3) is 9.43. The molecule has 2 bridgehead atoms. The highest BCUT2D eigenvalue weighted by Gasteiger charge is 2.51. The summed E-state index contributed by atoms with van der Waals surface area (Å²) in [4.78, 5) is 13.0. The monoisotopic (exact) mass is 546 g/mol. The van der Waals surface area contributed by atoms with Crippen LogP contribution in [0.4, 0.5) is 0 Å². The molecule has 0 unspecified atom stereocenters. The van der Waals surface area contributed by atoms with Crippen molar-refractivity contribution in [3.8, 4) is 0 Å². The number of fused-ring (bicyclic) bond motifs is 3. The molecule has 0 spiro atoms. The quantitative estimate of drug-likeness (QED) is 0.285. The lowest BCUT2D eigenvalue weighted by molar-refractivity contribution is -0.183. The molecule has 5 fully saturated rings. The van der Waals surface area contributed by atoms with Gasteiger partial charge in [0.05, 0.1) is 11.7 Å². The van der Waals surface area contributed by atoms with E-state index in [-0.39, 0.29) is 41.0 Å². The first-order valence-electron chi connectivity index (χ1n) is 17.0. The van der Waals surface area contributed by atoms with Crippen molar-refractivity contribution in [2.45, 2.75) is 197 Å². The van der Waals surface area contributed by atoms with Crippen molar-refractivity contribution in [3.05, 3.63) is 0 Å². The van der Waals surface area contributed by atoms with Gasteiger partial charge in [-0.1, -0.05) is 77.0 Å². The van der Waals surface area contributed by atoms with Crippen molar-refractivity contribution in [1.82, 2.24) is 10.6 Å². The van der Waals surface area contributed by atoms with Gasteiger partial charge in [0.15, 0.2) is 0 Å². The lowest BCUT2D eigenvalue weighted by Crippen LogP contribution is -2.67. The molecule has 5 saturated carbocycles. The zero-order chi connectivity index (χ0) is 27.8. The van der Waals surface area contributed by atoms with Gasteiger partial charge in [-0.15, -0.1) is 0 Å². The van der Waals surface area contributed by atoms with Gasteiger partial charge >= 0.3 is 0 Å². The van der Waals surface area contributed by atoms with Crippen molar-refractivity contribution >= 4 is 5.91 Å². The topological polar surface area (TPSA) is 59.6 Å². The van der Waals surface area contributed by atoms with Crippen molar-refractivity contribution in [2.75, 3.05) is 6.61 Å². The van der Waals surface area contributed by atoms with Crippen LogP contribution in [0.15, 0.2) is 0 Å². The predicted molar refractivity (Wildman–Crippen MR) is 161 cm³/mol. The second kappa shape index (κ2) is 14.0. The molecule has 0 radical (unpaired) electrons. The number of amides is 1. The van der Waals surface area contributed by atoms with Crippen LogP contribution < -0.4 is 10.6 Å². The summed E-state index contributed by atoms with van der Waals surface area (Å²) < 4.78 is 13.1. The number of rotatable bonds is 9. The second-order valence-corrected chi connectivity index (χ2v) is 15.0. The van der Waals surface area contributed by atoms with E-state index in [4.69, 9.17) is 9.47 Å². The first-order valence-corrected chi connectivity index (χ1v) is 17.0. The average molecular weight is 547 g/mol. The molecule has 39 heavy (non-hydrogen) atoms. The molecule has 5 heteroatoms. The Morgan fingerprint density at radius 1 is 0.667 bits per heavy atom. The van der Waals surface area contributed by atoms with E-state index in [1.165, 1.54) is 89.9 Å². The highest BCUT2D eigenvalue weighted by molar-refractivity contribution is 5.78. The van der Waals surface area contributed by atoms with Crippen LogP contribution in [0, 0.1) is 5.92 Å². The normalized spacial score (nSPS) is 30.9. The fourth-order valence-electron chi connectivity index (χ4n) is 8.58. The van der Waals surface area contributed by atoms with E-state index in [0.29, 0.717) is 5.92 Å². The van der Waals surface area contributed by atoms with Crippen molar-refractivity contribution in [2.24, 2.45) is 5.92 Å². The lowest BCUT2D eigenvalue weighted by atomic mass is 9.61. The Balaban J connectivity index is 1.23. The van der Waals surface area contributed by atoms with Crippen molar-refractivity contribution in [1.29, 1.82) is 0 Å². The molecule has 0 saturated heterocycles. The summed E-state index contributed by atoms with van der Waals surface area (Å²) in [5.41, 5.74) is -0.404. The Bertz CT molecular complexity index is 721. The molecule has 0 aromatic carbocycles. The third-order valence-electron chi connectivity index (χ3n) is 10.8. The lowest BCUT2D eigenvalue weighted by Gasteiger charge is -2.56. The Morgan fingerprint density at radius 2 is 1.10 bits per heavy atom. The van der Waals surface area contributed by atoms with E-state index in [2.05, 4.69) is 38.3 Å². The molecule has 0 atom stereocenters. The van der Waals surface area contributed by atoms with E-state index in [1.54, 1.807) is 0 Å². The Kier molecular flexibility index (Phi) is 11.2. The SMILES string of the molecule is CC(C)(NC12CCC(NC(=O)COC3CCCCCCCCC3)(CC1)CC2)OC(C)(C)C1CCCCCCC1. The maximum atomic E-state index is 13.0. The Hall–Kier alpha value is -0.650. The van der Waals surface area contributed by atoms with E-state index in [1.807, 2.05) is 0 Å². The van der Waals surface area contributed by atoms with Crippen LogP contribution in [0.2, 0.25) is 0 Å². The standard InChI is InChI=1S/C34H62N2O3/c1-31(2,28-17-13-9-8-10-14-18-28)39-32(3,4)36-34-24-21-33(22-25-34,23-26-34)35-30(37)27-38-29-19-15-11-6-5-7-12-16-20-29/h28-29,36H,5-27H2,1-4H3,(H,35,37). The smallest absolute Gasteiger partial charge is 0.246 e. The zero-order valence-corrected chi connectivity index (χ0v) is 26.1. The number of hydrogen-bond donors (Lipinski definition) is 2.